The van der Waals surface area contributed by atoms with Gasteiger partial charge in [0.05, 0.1) is 5.56 Å². The molecule has 3 aromatic rings. The number of para-hydroxylation sites is 1. The predicted molar refractivity (Wildman–Crippen MR) is 113 cm³/mol. The molecule has 5 rings (SSSR count). The molecule has 0 saturated carbocycles. The minimum absolute atomic E-state index is 0.0369. The largest absolute Gasteiger partial charge is 0.443 e. The number of oxazole rings is 1. The highest BCUT2D eigenvalue weighted by Crippen LogP contribution is 2.30. The maximum atomic E-state index is 13.2. The molecular formula is C24H26FN3O2. The van der Waals surface area contributed by atoms with Gasteiger partial charge in [-0.05, 0) is 74.0 Å². The van der Waals surface area contributed by atoms with Gasteiger partial charge in [0.2, 0.25) is 0 Å². The van der Waals surface area contributed by atoms with E-state index in [1.165, 1.54) is 12.0 Å². The van der Waals surface area contributed by atoms with E-state index in [9.17, 15) is 9.18 Å². The highest BCUT2D eigenvalue weighted by Gasteiger charge is 2.31. The molecule has 2 aromatic carbocycles. The standard InChI is InChI=1S/C24H26FN3O2/c25-20-6-4-18(5-7-20)19-9-11-27(12-10-19)14-17-8-13-28(15-17)24(29)21-2-1-3-22-23(21)30-16-26-22/h1-7,16-17,19H,8-15H2/t17-/m1/s1. The van der Waals surface area contributed by atoms with Crippen LogP contribution in [0.2, 0.25) is 0 Å². The molecule has 3 heterocycles. The summed E-state index contributed by atoms with van der Waals surface area (Å²) in [7, 11) is 0. The van der Waals surface area contributed by atoms with Crippen molar-refractivity contribution in [1.82, 2.24) is 14.8 Å². The second-order valence-electron chi connectivity index (χ2n) is 8.54. The third-order valence-electron chi connectivity index (χ3n) is 6.61. The van der Waals surface area contributed by atoms with Gasteiger partial charge in [-0.2, -0.15) is 0 Å². The quantitative estimate of drug-likeness (QED) is 0.647. The fraction of sp³-hybridized carbons (Fsp3) is 0.417. The third-order valence-corrected chi connectivity index (χ3v) is 6.61. The SMILES string of the molecule is O=C(c1cccc2ncoc12)N1CC[C@H](CN2CCC(c3ccc(F)cc3)CC2)C1. The number of halogens is 1. The van der Waals surface area contributed by atoms with Crippen molar-refractivity contribution in [3.8, 4) is 0 Å². The number of hydrogen-bond acceptors (Lipinski definition) is 4. The van der Waals surface area contributed by atoms with Crippen molar-refractivity contribution < 1.29 is 13.6 Å². The maximum absolute atomic E-state index is 13.2. The van der Waals surface area contributed by atoms with E-state index < -0.39 is 0 Å². The molecule has 1 aromatic heterocycles. The fourth-order valence-electron chi connectivity index (χ4n) is 4.94. The number of rotatable bonds is 4. The summed E-state index contributed by atoms with van der Waals surface area (Å²) in [6.45, 7) is 4.74. The van der Waals surface area contributed by atoms with Crippen molar-refractivity contribution in [2.45, 2.75) is 25.2 Å². The Morgan fingerprint density at radius 1 is 1.07 bits per heavy atom. The number of likely N-dealkylation sites (tertiary alicyclic amines) is 2. The topological polar surface area (TPSA) is 49.6 Å². The van der Waals surface area contributed by atoms with E-state index in [2.05, 4.69) is 9.88 Å². The fourth-order valence-corrected chi connectivity index (χ4v) is 4.94. The Labute approximate surface area is 175 Å². The van der Waals surface area contributed by atoms with Crippen LogP contribution in [0, 0.1) is 11.7 Å². The van der Waals surface area contributed by atoms with Gasteiger partial charge in [0.1, 0.15) is 11.3 Å². The summed E-state index contributed by atoms with van der Waals surface area (Å²) in [5, 5.41) is 0. The highest BCUT2D eigenvalue weighted by molar-refractivity contribution is 6.04. The smallest absolute Gasteiger partial charge is 0.257 e. The lowest BCUT2D eigenvalue weighted by atomic mass is 9.89. The molecule has 0 radical (unpaired) electrons. The van der Waals surface area contributed by atoms with Gasteiger partial charge in [0, 0.05) is 19.6 Å². The van der Waals surface area contributed by atoms with Crippen LogP contribution in [0.4, 0.5) is 4.39 Å². The zero-order valence-corrected chi connectivity index (χ0v) is 17.0. The first kappa shape index (κ1) is 19.2. The van der Waals surface area contributed by atoms with Gasteiger partial charge in [0.15, 0.2) is 12.0 Å². The summed E-state index contributed by atoms with van der Waals surface area (Å²) in [5.74, 6) is 0.891. The summed E-state index contributed by atoms with van der Waals surface area (Å²) >= 11 is 0. The van der Waals surface area contributed by atoms with Gasteiger partial charge in [0.25, 0.3) is 5.91 Å². The molecule has 30 heavy (non-hydrogen) atoms. The minimum Gasteiger partial charge on any atom is -0.443 e. The molecule has 0 aliphatic carbocycles. The number of piperidine rings is 1. The Bertz CT molecular complexity index is 1020. The normalized spacial score (nSPS) is 20.8. The van der Waals surface area contributed by atoms with Crippen molar-refractivity contribution in [3.63, 3.8) is 0 Å². The van der Waals surface area contributed by atoms with Crippen LogP contribution in [0.3, 0.4) is 0 Å². The summed E-state index contributed by atoms with van der Waals surface area (Å²) in [4.78, 5) is 21.6. The van der Waals surface area contributed by atoms with E-state index in [-0.39, 0.29) is 11.7 Å². The number of hydrogen-bond donors (Lipinski definition) is 0. The van der Waals surface area contributed by atoms with Crippen LogP contribution < -0.4 is 0 Å². The molecule has 1 amide bonds. The minimum atomic E-state index is -0.170. The summed E-state index contributed by atoms with van der Waals surface area (Å²) in [5.41, 5.74) is 3.15. The number of aromatic nitrogens is 1. The Kier molecular flexibility index (Phi) is 5.25. The number of carbonyl (C=O) groups excluding carboxylic acids is 1. The Hall–Kier alpha value is -2.73. The van der Waals surface area contributed by atoms with Gasteiger partial charge < -0.3 is 14.2 Å². The van der Waals surface area contributed by atoms with Crippen molar-refractivity contribution in [1.29, 1.82) is 0 Å². The summed E-state index contributed by atoms with van der Waals surface area (Å²) < 4.78 is 18.6. The van der Waals surface area contributed by atoms with Crippen molar-refractivity contribution >= 4 is 17.0 Å². The van der Waals surface area contributed by atoms with Crippen molar-refractivity contribution in [2.75, 3.05) is 32.7 Å². The molecule has 0 spiro atoms. The van der Waals surface area contributed by atoms with Crippen molar-refractivity contribution in [2.24, 2.45) is 5.92 Å². The summed E-state index contributed by atoms with van der Waals surface area (Å²) in [6, 6.07) is 12.5. The van der Waals surface area contributed by atoms with Crippen molar-refractivity contribution in [3.05, 3.63) is 65.8 Å². The van der Waals surface area contributed by atoms with E-state index >= 15 is 0 Å². The average molecular weight is 407 g/mol. The zero-order chi connectivity index (χ0) is 20.5. The molecule has 2 fully saturated rings. The Morgan fingerprint density at radius 3 is 2.67 bits per heavy atom. The predicted octanol–water partition coefficient (Wildman–Crippen LogP) is 4.31. The average Bonchev–Trinajstić information content (AvgIpc) is 3.44. The monoisotopic (exact) mass is 407 g/mol. The Morgan fingerprint density at radius 2 is 1.87 bits per heavy atom. The lowest BCUT2D eigenvalue weighted by Crippen LogP contribution is -2.37. The molecule has 2 aliphatic heterocycles. The Balaban J connectivity index is 1.15. The van der Waals surface area contributed by atoms with E-state index in [1.807, 2.05) is 35.2 Å². The molecule has 2 saturated heterocycles. The highest BCUT2D eigenvalue weighted by atomic mass is 19.1. The second-order valence-corrected chi connectivity index (χ2v) is 8.54. The van der Waals surface area contributed by atoms with Gasteiger partial charge in [-0.1, -0.05) is 18.2 Å². The number of benzene rings is 2. The van der Waals surface area contributed by atoms with Gasteiger partial charge in [-0.3, -0.25) is 4.79 Å². The molecule has 156 valence electrons. The van der Waals surface area contributed by atoms with Crippen LogP contribution in [-0.2, 0) is 0 Å². The lowest BCUT2D eigenvalue weighted by Gasteiger charge is -2.33. The van der Waals surface area contributed by atoms with Crippen LogP contribution in [0.15, 0.2) is 53.3 Å². The van der Waals surface area contributed by atoms with Crippen LogP contribution in [-0.4, -0.2) is 53.4 Å². The molecule has 2 aliphatic rings. The van der Waals surface area contributed by atoms with E-state index in [4.69, 9.17) is 4.42 Å². The maximum Gasteiger partial charge on any atom is 0.257 e. The van der Waals surface area contributed by atoms with Crippen LogP contribution >= 0.6 is 0 Å². The van der Waals surface area contributed by atoms with E-state index in [0.717, 1.165) is 57.5 Å². The first-order valence-electron chi connectivity index (χ1n) is 10.8. The lowest BCUT2D eigenvalue weighted by molar-refractivity contribution is 0.0782. The van der Waals surface area contributed by atoms with Gasteiger partial charge in [-0.25, -0.2) is 9.37 Å². The molecule has 6 heteroatoms. The summed E-state index contributed by atoms with van der Waals surface area (Å²) in [6.07, 6.45) is 4.64. The van der Waals surface area contributed by atoms with E-state index in [1.54, 1.807) is 12.1 Å². The van der Waals surface area contributed by atoms with Crippen LogP contribution in [0.5, 0.6) is 0 Å². The molecule has 5 nitrogen and oxygen atoms in total. The van der Waals surface area contributed by atoms with Crippen LogP contribution in [0.25, 0.3) is 11.1 Å². The molecular weight excluding hydrogens is 381 g/mol. The molecule has 0 N–H and O–H groups in total. The molecule has 0 bridgehead atoms. The number of fused-ring (bicyclic) bond motifs is 1. The zero-order valence-electron chi connectivity index (χ0n) is 17.0. The van der Waals surface area contributed by atoms with Gasteiger partial charge >= 0.3 is 0 Å². The number of amides is 1. The second kappa shape index (κ2) is 8.19. The van der Waals surface area contributed by atoms with Crippen LogP contribution in [0.1, 0.15) is 41.1 Å². The number of nitrogens with zero attached hydrogens (tertiary/aromatic N) is 3. The van der Waals surface area contributed by atoms with Gasteiger partial charge in [-0.15, -0.1) is 0 Å². The number of carbonyl (C=O) groups is 1. The molecule has 0 unspecified atom stereocenters. The first-order valence-corrected chi connectivity index (χ1v) is 10.8. The van der Waals surface area contributed by atoms with E-state index in [0.29, 0.717) is 23.0 Å². The third kappa shape index (κ3) is 3.84. The molecule has 1 atom stereocenters. The first-order chi connectivity index (χ1) is 14.7.